The number of methoxy groups -OCH3 is 1. The summed E-state index contributed by atoms with van der Waals surface area (Å²) in [4.78, 5) is 11.4. The van der Waals surface area contributed by atoms with Crippen molar-refractivity contribution in [2.75, 3.05) is 7.11 Å². The van der Waals surface area contributed by atoms with Gasteiger partial charge in [-0.05, 0) is 37.9 Å². The van der Waals surface area contributed by atoms with Gasteiger partial charge in [-0.1, -0.05) is 5.16 Å². The number of ether oxygens (including phenoxy) is 2. The highest BCUT2D eigenvalue weighted by Gasteiger charge is 2.29. The van der Waals surface area contributed by atoms with Crippen LogP contribution in [0.5, 0.6) is 11.5 Å². The second kappa shape index (κ2) is 4.66. The Kier molecular flexibility index (Phi) is 3.39. The molecular weight excluding hydrogens is 358 g/mol. The average molecular weight is 365 g/mol. The fourth-order valence-corrected chi connectivity index (χ4v) is 3.16. The summed E-state index contributed by atoms with van der Waals surface area (Å²) in [7, 11) is 1.52. The molecule has 0 aliphatic carbocycles. The Labute approximate surface area is 114 Å². The monoisotopic (exact) mass is 363 g/mol. The lowest BCUT2D eigenvalue weighted by Crippen LogP contribution is -2.28. The largest absolute Gasteiger partial charge is 0.494 e. The van der Waals surface area contributed by atoms with Crippen LogP contribution in [0.25, 0.3) is 0 Å². The summed E-state index contributed by atoms with van der Waals surface area (Å²) in [5.41, 5.74) is 0.707. The molecule has 1 N–H and O–H groups in total. The second-order valence-electron chi connectivity index (χ2n) is 3.31. The van der Waals surface area contributed by atoms with E-state index < -0.39 is 5.97 Å². The van der Waals surface area contributed by atoms with Crippen molar-refractivity contribution in [1.29, 1.82) is 0 Å². The van der Waals surface area contributed by atoms with Crippen LogP contribution in [0.3, 0.4) is 0 Å². The van der Waals surface area contributed by atoms with E-state index in [1.165, 1.54) is 7.11 Å². The van der Waals surface area contributed by atoms with Crippen LogP contribution in [0.2, 0.25) is 0 Å². The number of benzene rings is 1. The quantitative estimate of drug-likeness (QED) is 0.360. The number of carbonyl (C=O) groups is 1. The zero-order chi connectivity index (χ0) is 12.6. The van der Waals surface area contributed by atoms with Gasteiger partial charge in [0.15, 0.2) is 17.2 Å². The predicted octanol–water partition coefficient (Wildman–Crippen LogP) is 2.51. The molecule has 1 aromatic carbocycles. The number of hydrogen-bond acceptors (Lipinski definition) is 5. The van der Waals surface area contributed by atoms with Crippen LogP contribution in [0.1, 0.15) is 5.56 Å². The molecule has 1 aliphatic heterocycles. The van der Waals surface area contributed by atoms with Gasteiger partial charge in [0.1, 0.15) is 4.47 Å². The van der Waals surface area contributed by atoms with Crippen molar-refractivity contribution >= 4 is 43.5 Å². The first kappa shape index (κ1) is 12.4. The minimum Gasteiger partial charge on any atom is -0.494 e. The van der Waals surface area contributed by atoms with Crippen LogP contribution in [-0.4, -0.2) is 24.0 Å². The number of oxime groups is 1. The molecule has 90 valence electrons. The molecule has 0 atom stereocenters. The lowest BCUT2D eigenvalue weighted by Gasteiger charge is -2.19. The third-order valence-corrected chi connectivity index (χ3v) is 3.63. The third-order valence-electron chi connectivity index (χ3n) is 2.32. The number of halogens is 2. The summed E-state index contributed by atoms with van der Waals surface area (Å²) in [6, 6.07) is 1.76. The molecule has 1 aliphatic rings. The van der Waals surface area contributed by atoms with Crippen LogP contribution in [0.15, 0.2) is 20.2 Å². The zero-order valence-electron chi connectivity index (χ0n) is 8.66. The van der Waals surface area contributed by atoms with Crippen LogP contribution in [0, 0.1) is 0 Å². The van der Waals surface area contributed by atoms with Gasteiger partial charge in [0.05, 0.1) is 11.6 Å². The van der Waals surface area contributed by atoms with Crippen molar-refractivity contribution in [2.24, 2.45) is 5.16 Å². The lowest BCUT2D eigenvalue weighted by atomic mass is 10.0. The Morgan fingerprint density at radius 2 is 2.24 bits per heavy atom. The van der Waals surface area contributed by atoms with Crippen LogP contribution in [0.4, 0.5) is 0 Å². The standard InChI is InChI=1S/C10H7Br2NO4/c1-16-9-5(11)2-4-3-6(13-15)10(14)17-8(4)7(9)12/h2,15H,3H2,1H3/b13-6+. The lowest BCUT2D eigenvalue weighted by molar-refractivity contribution is -0.127. The maximum atomic E-state index is 11.4. The smallest absolute Gasteiger partial charge is 0.361 e. The number of rotatable bonds is 1. The van der Waals surface area contributed by atoms with Crippen molar-refractivity contribution in [2.45, 2.75) is 6.42 Å². The third kappa shape index (κ3) is 2.04. The summed E-state index contributed by atoms with van der Waals surface area (Å²) in [5, 5.41) is 11.6. The predicted molar refractivity (Wildman–Crippen MR) is 67.0 cm³/mol. The van der Waals surface area contributed by atoms with Crippen molar-refractivity contribution in [3.8, 4) is 11.5 Å². The molecule has 0 aromatic heterocycles. The number of nitrogens with zero attached hydrogens (tertiary/aromatic N) is 1. The molecule has 2 rings (SSSR count). The van der Waals surface area contributed by atoms with E-state index in [-0.39, 0.29) is 12.1 Å². The molecule has 0 radical (unpaired) electrons. The molecule has 0 unspecified atom stereocenters. The normalized spacial score (nSPS) is 16.6. The molecule has 0 spiro atoms. The Bertz CT molecular complexity index is 528. The van der Waals surface area contributed by atoms with Gasteiger partial charge in [-0.2, -0.15) is 0 Å². The minimum atomic E-state index is -0.662. The summed E-state index contributed by atoms with van der Waals surface area (Å²) in [6.45, 7) is 0. The molecule has 0 fully saturated rings. The van der Waals surface area contributed by atoms with Gasteiger partial charge in [-0.25, -0.2) is 4.79 Å². The van der Waals surface area contributed by atoms with E-state index in [1.54, 1.807) is 6.07 Å². The molecular formula is C10H7Br2NO4. The van der Waals surface area contributed by atoms with Gasteiger partial charge in [-0.15, -0.1) is 0 Å². The summed E-state index contributed by atoms with van der Waals surface area (Å²) in [6.07, 6.45) is 0.214. The van der Waals surface area contributed by atoms with Gasteiger partial charge >= 0.3 is 5.97 Å². The maximum Gasteiger partial charge on any atom is 0.361 e. The van der Waals surface area contributed by atoms with Gasteiger partial charge in [-0.3, -0.25) is 0 Å². The molecule has 0 saturated heterocycles. The van der Waals surface area contributed by atoms with E-state index in [9.17, 15) is 4.79 Å². The number of hydrogen-bond donors (Lipinski definition) is 1. The van der Waals surface area contributed by atoms with Gasteiger partial charge in [0, 0.05) is 12.0 Å². The number of fused-ring (bicyclic) bond motifs is 1. The van der Waals surface area contributed by atoms with Crippen molar-refractivity contribution in [3.05, 3.63) is 20.6 Å². The molecule has 1 heterocycles. The van der Waals surface area contributed by atoms with Crippen LogP contribution in [-0.2, 0) is 11.2 Å². The van der Waals surface area contributed by atoms with Crippen molar-refractivity contribution in [3.63, 3.8) is 0 Å². The topological polar surface area (TPSA) is 68.1 Å². The molecule has 0 bridgehead atoms. The maximum absolute atomic E-state index is 11.4. The van der Waals surface area contributed by atoms with E-state index in [2.05, 4.69) is 37.0 Å². The van der Waals surface area contributed by atoms with Gasteiger partial charge < -0.3 is 14.7 Å². The average Bonchev–Trinajstić information content (AvgIpc) is 2.30. The summed E-state index contributed by atoms with van der Waals surface area (Å²) in [5.74, 6) is 0.272. The molecule has 7 heteroatoms. The highest BCUT2D eigenvalue weighted by atomic mass is 79.9. The Balaban J connectivity index is 2.59. The second-order valence-corrected chi connectivity index (χ2v) is 4.95. The van der Waals surface area contributed by atoms with Gasteiger partial charge in [0.2, 0.25) is 0 Å². The van der Waals surface area contributed by atoms with E-state index in [0.29, 0.717) is 16.0 Å². The summed E-state index contributed by atoms with van der Waals surface area (Å²) < 4.78 is 11.5. The Morgan fingerprint density at radius 3 is 2.82 bits per heavy atom. The first-order chi connectivity index (χ1) is 8.08. The van der Waals surface area contributed by atoms with E-state index in [1.807, 2.05) is 0 Å². The Hall–Kier alpha value is -1.08. The zero-order valence-corrected chi connectivity index (χ0v) is 11.8. The first-order valence-corrected chi connectivity index (χ1v) is 6.15. The fraction of sp³-hybridized carbons (Fsp3) is 0.200. The highest BCUT2D eigenvalue weighted by Crippen LogP contribution is 2.44. The van der Waals surface area contributed by atoms with Crippen LogP contribution < -0.4 is 9.47 Å². The summed E-state index contributed by atoms with van der Waals surface area (Å²) >= 11 is 6.66. The number of esters is 1. The highest BCUT2D eigenvalue weighted by molar-refractivity contribution is 9.11. The molecule has 5 nitrogen and oxygen atoms in total. The van der Waals surface area contributed by atoms with E-state index >= 15 is 0 Å². The molecule has 0 amide bonds. The van der Waals surface area contributed by atoms with Gasteiger partial charge in [0.25, 0.3) is 0 Å². The Morgan fingerprint density at radius 1 is 1.53 bits per heavy atom. The van der Waals surface area contributed by atoms with Crippen LogP contribution >= 0.6 is 31.9 Å². The minimum absolute atomic E-state index is 0.0264. The molecule has 17 heavy (non-hydrogen) atoms. The first-order valence-electron chi connectivity index (χ1n) is 4.56. The SMILES string of the molecule is COc1c(Br)cc2c(c1Br)OC(=O)/C(=N/O)C2. The molecule has 0 saturated carbocycles. The van der Waals surface area contributed by atoms with Crippen molar-refractivity contribution in [1.82, 2.24) is 0 Å². The van der Waals surface area contributed by atoms with E-state index in [0.717, 1.165) is 10.0 Å². The fourth-order valence-electron chi connectivity index (χ4n) is 1.54. The number of carbonyl (C=O) groups excluding carboxylic acids is 1. The van der Waals surface area contributed by atoms with E-state index in [4.69, 9.17) is 14.7 Å². The molecule has 1 aromatic rings. The van der Waals surface area contributed by atoms with Crippen molar-refractivity contribution < 1.29 is 19.5 Å².